The molecule has 0 bridgehead atoms. The van der Waals surface area contributed by atoms with Crippen molar-refractivity contribution in [1.29, 1.82) is 0 Å². The zero-order valence-corrected chi connectivity index (χ0v) is 14.3. The number of aromatic nitrogens is 3. The van der Waals surface area contributed by atoms with Crippen LogP contribution in [0.25, 0.3) is 34.2 Å². The third-order valence-electron chi connectivity index (χ3n) is 4.05. The molecule has 0 unspecified atom stereocenters. The average molecular weight is 356 g/mol. The first-order chi connectivity index (χ1) is 13.2. The Morgan fingerprint density at radius 1 is 0.667 bits per heavy atom. The first-order valence-electron chi connectivity index (χ1n) is 8.31. The molecule has 4 aromatic rings. The number of benzene rings is 3. The number of hydrogen-bond acceptors (Lipinski definition) is 6. The predicted octanol–water partition coefficient (Wildman–Crippen LogP) is 3.83. The topological polar surface area (TPSA) is 94.2 Å². The molecule has 0 spiro atoms. The minimum absolute atomic E-state index is 0.0258. The molecule has 0 saturated heterocycles. The summed E-state index contributed by atoms with van der Waals surface area (Å²) in [5.74, 6) is 6.89. The summed E-state index contributed by atoms with van der Waals surface area (Å²) in [6, 6.07) is 24.0. The van der Waals surface area contributed by atoms with E-state index >= 15 is 0 Å². The average Bonchev–Trinajstić information content (AvgIpc) is 2.74. The molecule has 1 aromatic heterocycles. The maximum absolute atomic E-state index is 10.4. The molecule has 6 heteroatoms. The van der Waals surface area contributed by atoms with Crippen molar-refractivity contribution in [2.75, 3.05) is 0 Å². The Bertz CT molecular complexity index is 1010. The van der Waals surface area contributed by atoms with Gasteiger partial charge in [0.2, 0.25) is 0 Å². The Hall–Kier alpha value is -3.77. The van der Waals surface area contributed by atoms with E-state index in [4.69, 9.17) is 5.90 Å². The summed E-state index contributed by atoms with van der Waals surface area (Å²) in [6.07, 6.45) is 0. The smallest absolute Gasteiger partial charge is 0.167 e. The van der Waals surface area contributed by atoms with Gasteiger partial charge in [-0.05, 0) is 12.1 Å². The lowest BCUT2D eigenvalue weighted by molar-refractivity contribution is 0.332. The van der Waals surface area contributed by atoms with E-state index in [1.165, 1.54) is 6.07 Å². The molecule has 3 N–H and O–H groups in total. The Balaban J connectivity index is 1.91. The molecule has 0 fully saturated rings. The van der Waals surface area contributed by atoms with Crippen LogP contribution in [0.4, 0.5) is 0 Å². The normalized spacial score (nSPS) is 10.6. The van der Waals surface area contributed by atoms with Crippen molar-refractivity contribution in [3.05, 3.63) is 78.9 Å². The van der Waals surface area contributed by atoms with E-state index in [1.54, 1.807) is 12.1 Å². The summed E-state index contributed by atoms with van der Waals surface area (Å²) in [5, 5.41) is 10.4. The van der Waals surface area contributed by atoms with Crippen LogP contribution >= 0.6 is 0 Å². The van der Waals surface area contributed by atoms with Gasteiger partial charge in [-0.3, -0.25) is 0 Å². The quantitative estimate of drug-likeness (QED) is 0.540. The molecule has 4 rings (SSSR count). The Labute approximate surface area is 155 Å². The van der Waals surface area contributed by atoms with Crippen LogP contribution in [0.2, 0.25) is 0 Å². The molecule has 6 nitrogen and oxygen atoms in total. The second kappa shape index (κ2) is 7.23. The Kier molecular flexibility index (Phi) is 4.47. The lowest BCUT2D eigenvalue weighted by Gasteiger charge is -2.10. The summed E-state index contributed by atoms with van der Waals surface area (Å²) >= 11 is 0. The molecular weight excluding hydrogens is 340 g/mol. The van der Waals surface area contributed by atoms with Crippen LogP contribution in [-0.4, -0.2) is 20.1 Å². The van der Waals surface area contributed by atoms with E-state index in [0.717, 1.165) is 11.1 Å². The van der Waals surface area contributed by atoms with Gasteiger partial charge in [-0.25, -0.2) is 15.0 Å². The van der Waals surface area contributed by atoms with Gasteiger partial charge in [0.15, 0.2) is 23.2 Å². The zero-order chi connectivity index (χ0) is 18.6. The number of aromatic hydroxyl groups is 1. The molecule has 3 aromatic carbocycles. The van der Waals surface area contributed by atoms with Crippen molar-refractivity contribution in [2.24, 2.45) is 5.90 Å². The van der Waals surface area contributed by atoms with Gasteiger partial charge in [-0.1, -0.05) is 60.7 Å². The van der Waals surface area contributed by atoms with Crippen LogP contribution in [0.3, 0.4) is 0 Å². The SMILES string of the molecule is NOc1ccc(-c2nc(-c3ccccc3)nc(-c3ccccc3)n2)c(O)c1. The molecule has 0 aliphatic carbocycles. The largest absolute Gasteiger partial charge is 0.507 e. The van der Waals surface area contributed by atoms with Gasteiger partial charge in [0, 0.05) is 17.2 Å². The summed E-state index contributed by atoms with van der Waals surface area (Å²) in [7, 11) is 0. The third-order valence-corrected chi connectivity index (χ3v) is 4.05. The molecule has 1 heterocycles. The van der Waals surface area contributed by atoms with Crippen molar-refractivity contribution in [2.45, 2.75) is 0 Å². The first kappa shape index (κ1) is 16.7. The fraction of sp³-hybridized carbons (Fsp3) is 0. The van der Waals surface area contributed by atoms with Crippen LogP contribution in [0.5, 0.6) is 11.5 Å². The highest BCUT2D eigenvalue weighted by Gasteiger charge is 2.15. The minimum Gasteiger partial charge on any atom is -0.507 e. The standard InChI is InChI=1S/C21H16N4O2/c22-27-16-11-12-17(18(26)13-16)21-24-19(14-7-3-1-4-8-14)23-20(25-21)15-9-5-2-6-10-15/h1-13,26H,22H2. The van der Waals surface area contributed by atoms with Crippen LogP contribution in [0.1, 0.15) is 0 Å². The highest BCUT2D eigenvalue weighted by molar-refractivity contribution is 5.70. The summed E-state index contributed by atoms with van der Waals surface area (Å²) in [4.78, 5) is 18.4. The van der Waals surface area contributed by atoms with Gasteiger partial charge in [0.1, 0.15) is 5.75 Å². The van der Waals surface area contributed by atoms with Crippen molar-refractivity contribution < 1.29 is 9.94 Å². The molecule has 0 amide bonds. The molecule has 0 atom stereocenters. The van der Waals surface area contributed by atoms with Crippen molar-refractivity contribution in [3.8, 4) is 45.7 Å². The van der Waals surface area contributed by atoms with Gasteiger partial charge in [0.05, 0.1) is 5.56 Å². The summed E-state index contributed by atoms with van der Waals surface area (Å²) in [6.45, 7) is 0. The Morgan fingerprint density at radius 3 is 1.67 bits per heavy atom. The molecule has 0 saturated carbocycles. The molecule has 0 aliphatic rings. The van der Waals surface area contributed by atoms with Crippen LogP contribution in [-0.2, 0) is 0 Å². The zero-order valence-electron chi connectivity index (χ0n) is 14.3. The number of nitrogens with zero attached hydrogens (tertiary/aromatic N) is 3. The van der Waals surface area contributed by atoms with Crippen LogP contribution < -0.4 is 10.7 Å². The molecule has 0 aliphatic heterocycles. The van der Waals surface area contributed by atoms with Gasteiger partial charge in [0.25, 0.3) is 0 Å². The third kappa shape index (κ3) is 3.47. The van der Waals surface area contributed by atoms with E-state index in [9.17, 15) is 5.11 Å². The molecule has 27 heavy (non-hydrogen) atoms. The van der Waals surface area contributed by atoms with Gasteiger partial charge >= 0.3 is 0 Å². The number of nitrogens with two attached hydrogens (primary N) is 1. The molecular formula is C21H16N4O2. The summed E-state index contributed by atoms with van der Waals surface area (Å²) in [5.41, 5.74) is 2.19. The van der Waals surface area contributed by atoms with Gasteiger partial charge in [-0.15, -0.1) is 0 Å². The van der Waals surface area contributed by atoms with Crippen LogP contribution in [0.15, 0.2) is 78.9 Å². The van der Waals surface area contributed by atoms with Gasteiger partial charge in [-0.2, -0.15) is 5.90 Å². The highest BCUT2D eigenvalue weighted by atomic mass is 16.6. The van der Waals surface area contributed by atoms with Crippen molar-refractivity contribution in [3.63, 3.8) is 0 Å². The fourth-order valence-corrected chi connectivity index (χ4v) is 2.70. The Morgan fingerprint density at radius 2 is 1.19 bits per heavy atom. The number of rotatable bonds is 4. The molecule has 0 radical (unpaired) electrons. The minimum atomic E-state index is -0.0258. The van der Waals surface area contributed by atoms with E-state index in [2.05, 4.69) is 19.8 Å². The highest BCUT2D eigenvalue weighted by Crippen LogP contribution is 2.32. The van der Waals surface area contributed by atoms with E-state index in [1.807, 2.05) is 60.7 Å². The van der Waals surface area contributed by atoms with Gasteiger partial charge < -0.3 is 9.94 Å². The fourth-order valence-electron chi connectivity index (χ4n) is 2.70. The van der Waals surface area contributed by atoms with E-state index < -0.39 is 0 Å². The van der Waals surface area contributed by atoms with Crippen LogP contribution in [0, 0.1) is 0 Å². The monoisotopic (exact) mass is 356 g/mol. The number of phenols is 1. The number of phenolic OH excluding ortho intramolecular Hbond substituents is 1. The lowest BCUT2D eigenvalue weighted by atomic mass is 10.1. The maximum atomic E-state index is 10.4. The molecule has 132 valence electrons. The second-order valence-corrected chi connectivity index (χ2v) is 5.84. The first-order valence-corrected chi connectivity index (χ1v) is 8.31. The lowest BCUT2D eigenvalue weighted by Crippen LogP contribution is -2.02. The van der Waals surface area contributed by atoms with Crippen molar-refractivity contribution >= 4 is 0 Å². The van der Waals surface area contributed by atoms with E-state index in [0.29, 0.717) is 28.8 Å². The summed E-state index contributed by atoms with van der Waals surface area (Å²) < 4.78 is 0. The van der Waals surface area contributed by atoms with Crippen molar-refractivity contribution in [1.82, 2.24) is 15.0 Å². The number of hydrogen-bond donors (Lipinski definition) is 2. The predicted molar refractivity (Wildman–Crippen MR) is 103 cm³/mol. The second-order valence-electron chi connectivity index (χ2n) is 5.84. The maximum Gasteiger partial charge on any atom is 0.167 e. The van der Waals surface area contributed by atoms with E-state index in [-0.39, 0.29) is 5.75 Å².